The quantitative estimate of drug-likeness (QED) is 0.907. The van der Waals surface area contributed by atoms with Crippen LogP contribution in [-0.2, 0) is 12.8 Å². The zero-order valence-corrected chi connectivity index (χ0v) is 12.9. The van der Waals surface area contributed by atoms with Gasteiger partial charge in [-0.3, -0.25) is 0 Å². The van der Waals surface area contributed by atoms with Crippen LogP contribution in [0.15, 0.2) is 18.2 Å². The highest BCUT2D eigenvalue weighted by Crippen LogP contribution is 2.35. The lowest BCUT2D eigenvalue weighted by molar-refractivity contribution is 0.0808. The molecule has 0 bridgehead atoms. The average molecular weight is 273 g/mol. The van der Waals surface area contributed by atoms with Gasteiger partial charge in [0.05, 0.1) is 5.60 Å². The highest BCUT2D eigenvalue weighted by atomic mass is 16.3. The Bertz CT molecular complexity index is 469. The number of hydrogen-bond acceptors (Lipinski definition) is 2. The van der Waals surface area contributed by atoms with Crippen molar-refractivity contribution >= 4 is 5.69 Å². The van der Waals surface area contributed by atoms with Crippen LogP contribution in [0.1, 0.15) is 50.7 Å². The predicted octanol–water partition coefficient (Wildman–Crippen LogP) is 3.55. The highest BCUT2D eigenvalue weighted by molar-refractivity contribution is 5.61. The minimum absolute atomic E-state index is 0.617. The molecule has 2 aliphatic rings. The molecule has 0 saturated heterocycles. The van der Waals surface area contributed by atoms with Crippen LogP contribution < -0.4 is 4.90 Å². The maximum absolute atomic E-state index is 10.1. The number of fused-ring (bicyclic) bond motifs is 1. The van der Waals surface area contributed by atoms with E-state index in [1.165, 1.54) is 49.0 Å². The Kier molecular flexibility index (Phi) is 3.76. The molecule has 110 valence electrons. The summed E-state index contributed by atoms with van der Waals surface area (Å²) in [5, 5.41) is 10.1. The molecule has 0 amide bonds. The first kappa shape index (κ1) is 13.9. The Balaban J connectivity index is 1.77. The molecule has 0 aromatic heterocycles. The van der Waals surface area contributed by atoms with Crippen molar-refractivity contribution in [2.24, 2.45) is 5.92 Å². The van der Waals surface area contributed by atoms with Gasteiger partial charge in [-0.1, -0.05) is 25.0 Å². The van der Waals surface area contributed by atoms with E-state index in [2.05, 4.69) is 23.1 Å². The molecule has 1 saturated carbocycles. The third-order valence-corrected chi connectivity index (χ3v) is 4.80. The van der Waals surface area contributed by atoms with Crippen LogP contribution in [0.3, 0.4) is 0 Å². The molecule has 1 aromatic rings. The fourth-order valence-corrected chi connectivity index (χ4v) is 3.90. The van der Waals surface area contributed by atoms with E-state index >= 15 is 0 Å². The Morgan fingerprint density at radius 2 is 2.00 bits per heavy atom. The summed E-state index contributed by atoms with van der Waals surface area (Å²) in [6, 6.07) is 6.62. The lowest BCUT2D eigenvalue weighted by Crippen LogP contribution is -2.26. The van der Waals surface area contributed by atoms with E-state index in [4.69, 9.17) is 0 Å². The second kappa shape index (κ2) is 5.40. The van der Waals surface area contributed by atoms with Gasteiger partial charge in [-0.25, -0.2) is 0 Å². The van der Waals surface area contributed by atoms with Gasteiger partial charge in [0.2, 0.25) is 0 Å². The van der Waals surface area contributed by atoms with E-state index in [0.29, 0.717) is 0 Å². The van der Waals surface area contributed by atoms with Crippen LogP contribution in [0.2, 0.25) is 0 Å². The molecule has 1 heterocycles. The molecule has 3 rings (SSSR count). The van der Waals surface area contributed by atoms with Gasteiger partial charge in [0.15, 0.2) is 0 Å². The molecule has 1 aliphatic heterocycles. The first-order chi connectivity index (χ1) is 9.53. The second-order valence-corrected chi connectivity index (χ2v) is 7.25. The Morgan fingerprint density at radius 1 is 1.25 bits per heavy atom. The minimum Gasteiger partial charge on any atom is -0.390 e. The maximum Gasteiger partial charge on any atom is 0.0632 e. The van der Waals surface area contributed by atoms with Gasteiger partial charge in [-0.2, -0.15) is 0 Å². The number of anilines is 1. The zero-order chi connectivity index (χ0) is 14.2. The van der Waals surface area contributed by atoms with Crippen molar-refractivity contribution in [3.8, 4) is 0 Å². The van der Waals surface area contributed by atoms with Crippen LogP contribution in [0, 0.1) is 5.92 Å². The number of rotatable bonds is 4. The van der Waals surface area contributed by atoms with E-state index in [1.807, 2.05) is 13.8 Å². The van der Waals surface area contributed by atoms with Crippen molar-refractivity contribution in [2.75, 3.05) is 18.0 Å². The second-order valence-electron chi connectivity index (χ2n) is 7.25. The maximum atomic E-state index is 10.1. The zero-order valence-electron chi connectivity index (χ0n) is 12.9. The average Bonchev–Trinajstić information content (AvgIpc) is 2.99. The smallest absolute Gasteiger partial charge is 0.0632 e. The summed E-state index contributed by atoms with van der Waals surface area (Å²) in [4.78, 5) is 2.58. The fraction of sp³-hybridized carbons (Fsp3) is 0.667. The topological polar surface area (TPSA) is 23.5 Å². The number of aliphatic hydroxyl groups is 1. The van der Waals surface area contributed by atoms with Gasteiger partial charge < -0.3 is 10.0 Å². The fourth-order valence-electron chi connectivity index (χ4n) is 3.90. The number of benzene rings is 1. The van der Waals surface area contributed by atoms with Gasteiger partial charge in [-0.05, 0) is 56.2 Å². The highest BCUT2D eigenvalue weighted by Gasteiger charge is 2.26. The van der Waals surface area contributed by atoms with Crippen molar-refractivity contribution in [3.05, 3.63) is 29.3 Å². The summed E-state index contributed by atoms with van der Waals surface area (Å²) in [7, 11) is 0. The molecule has 1 aliphatic carbocycles. The van der Waals surface area contributed by atoms with Crippen LogP contribution in [-0.4, -0.2) is 23.8 Å². The van der Waals surface area contributed by atoms with E-state index in [9.17, 15) is 5.11 Å². The molecule has 0 radical (unpaired) electrons. The molecular weight excluding hydrogens is 246 g/mol. The van der Waals surface area contributed by atoms with Gasteiger partial charge >= 0.3 is 0 Å². The Hall–Kier alpha value is -1.02. The van der Waals surface area contributed by atoms with Gasteiger partial charge in [0.1, 0.15) is 0 Å². The van der Waals surface area contributed by atoms with E-state index in [1.54, 1.807) is 0 Å². The SMILES string of the molecule is CC(C)(O)Cc1cccc2c1CCN2CC1CCCC1. The van der Waals surface area contributed by atoms with Crippen LogP contribution >= 0.6 is 0 Å². The van der Waals surface area contributed by atoms with Crippen LogP contribution in [0.5, 0.6) is 0 Å². The van der Waals surface area contributed by atoms with E-state index in [0.717, 1.165) is 25.3 Å². The summed E-state index contributed by atoms with van der Waals surface area (Å²) in [5.74, 6) is 0.902. The third kappa shape index (κ3) is 3.01. The van der Waals surface area contributed by atoms with Crippen molar-refractivity contribution < 1.29 is 5.11 Å². The molecule has 1 fully saturated rings. The summed E-state index contributed by atoms with van der Waals surface area (Å²) < 4.78 is 0. The lowest BCUT2D eigenvalue weighted by atomic mass is 9.93. The largest absolute Gasteiger partial charge is 0.390 e. The molecular formula is C18H27NO. The predicted molar refractivity (Wildman–Crippen MR) is 84.3 cm³/mol. The molecule has 20 heavy (non-hydrogen) atoms. The molecule has 0 spiro atoms. The third-order valence-electron chi connectivity index (χ3n) is 4.80. The number of nitrogens with zero attached hydrogens (tertiary/aromatic N) is 1. The van der Waals surface area contributed by atoms with Crippen molar-refractivity contribution in [1.29, 1.82) is 0 Å². The Morgan fingerprint density at radius 3 is 2.70 bits per heavy atom. The molecule has 2 heteroatoms. The molecule has 0 atom stereocenters. The van der Waals surface area contributed by atoms with Crippen molar-refractivity contribution in [3.63, 3.8) is 0 Å². The molecule has 0 unspecified atom stereocenters. The van der Waals surface area contributed by atoms with Gasteiger partial charge in [0.25, 0.3) is 0 Å². The summed E-state index contributed by atoms with van der Waals surface area (Å²) in [6.45, 7) is 6.20. The number of hydrogen-bond donors (Lipinski definition) is 1. The van der Waals surface area contributed by atoms with Crippen molar-refractivity contribution in [1.82, 2.24) is 0 Å². The van der Waals surface area contributed by atoms with Crippen LogP contribution in [0.4, 0.5) is 5.69 Å². The summed E-state index contributed by atoms with van der Waals surface area (Å²) >= 11 is 0. The first-order valence-electron chi connectivity index (χ1n) is 8.11. The molecule has 1 N–H and O–H groups in total. The van der Waals surface area contributed by atoms with E-state index in [-0.39, 0.29) is 0 Å². The molecule has 2 nitrogen and oxygen atoms in total. The van der Waals surface area contributed by atoms with Gasteiger partial charge in [0, 0.05) is 25.2 Å². The van der Waals surface area contributed by atoms with Crippen LogP contribution in [0.25, 0.3) is 0 Å². The monoisotopic (exact) mass is 273 g/mol. The standard InChI is InChI=1S/C18H27NO/c1-18(2,20)12-15-8-5-9-17-16(15)10-11-19(17)13-14-6-3-4-7-14/h5,8-9,14,20H,3-4,6-7,10-13H2,1-2H3. The first-order valence-corrected chi connectivity index (χ1v) is 8.11. The van der Waals surface area contributed by atoms with Crippen molar-refractivity contribution in [2.45, 2.75) is 58.0 Å². The summed E-state index contributed by atoms with van der Waals surface area (Å²) in [6.07, 6.45) is 7.57. The lowest BCUT2D eigenvalue weighted by Gasteiger charge is -2.24. The van der Waals surface area contributed by atoms with Gasteiger partial charge in [-0.15, -0.1) is 0 Å². The molecule has 1 aromatic carbocycles. The normalized spacial score (nSPS) is 19.6. The summed E-state index contributed by atoms with van der Waals surface area (Å²) in [5.41, 5.74) is 3.63. The Labute approximate surface area is 122 Å². The minimum atomic E-state index is -0.617. The van der Waals surface area contributed by atoms with E-state index < -0.39 is 5.60 Å².